The Kier molecular flexibility index (Phi) is 4.26. The third kappa shape index (κ3) is 3.32. The molecule has 2 unspecified atom stereocenters. The number of morpholine rings is 1. The SMILES string of the molecule is Cc1cc(C)c(=O)n(-c2ccc(N3CC(C)OC(C)C3)cc2)c1. The number of anilines is 1. The zero-order chi connectivity index (χ0) is 16.6. The van der Waals surface area contributed by atoms with Crippen LogP contribution in [0, 0.1) is 13.8 Å². The lowest BCUT2D eigenvalue weighted by atomic mass is 10.1. The Hall–Kier alpha value is -2.07. The van der Waals surface area contributed by atoms with Crippen LogP contribution in [0.25, 0.3) is 5.69 Å². The van der Waals surface area contributed by atoms with Gasteiger partial charge >= 0.3 is 0 Å². The lowest BCUT2D eigenvalue weighted by Gasteiger charge is -2.36. The molecule has 0 radical (unpaired) electrons. The number of hydrogen-bond acceptors (Lipinski definition) is 3. The molecule has 4 heteroatoms. The minimum absolute atomic E-state index is 0.0389. The van der Waals surface area contributed by atoms with Crippen LogP contribution in [0.4, 0.5) is 5.69 Å². The smallest absolute Gasteiger partial charge is 0.257 e. The van der Waals surface area contributed by atoms with E-state index in [-0.39, 0.29) is 17.8 Å². The van der Waals surface area contributed by atoms with Crippen molar-refractivity contribution in [2.45, 2.75) is 39.9 Å². The summed E-state index contributed by atoms with van der Waals surface area (Å²) in [6.07, 6.45) is 2.37. The van der Waals surface area contributed by atoms with Gasteiger partial charge in [-0.2, -0.15) is 0 Å². The molecule has 23 heavy (non-hydrogen) atoms. The Morgan fingerprint density at radius 3 is 2.17 bits per heavy atom. The van der Waals surface area contributed by atoms with Crippen molar-refractivity contribution >= 4 is 5.69 Å². The molecule has 0 aliphatic carbocycles. The summed E-state index contributed by atoms with van der Waals surface area (Å²) in [5, 5.41) is 0. The summed E-state index contributed by atoms with van der Waals surface area (Å²) < 4.78 is 7.51. The monoisotopic (exact) mass is 312 g/mol. The van der Waals surface area contributed by atoms with E-state index in [4.69, 9.17) is 4.74 Å². The van der Waals surface area contributed by atoms with Gasteiger partial charge in [0.05, 0.1) is 12.2 Å². The first-order chi connectivity index (χ1) is 10.9. The van der Waals surface area contributed by atoms with Crippen LogP contribution in [0.5, 0.6) is 0 Å². The Balaban J connectivity index is 1.90. The second-order valence-electron chi connectivity index (χ2n) is 6.55. The van der Waals surface area contributed by atoms with E-state index in [9.17, 15) is 4.79 Å². The zero-order valence-electron chi connectivity index (χ0n) is 14.2. The van der Waals surface area contributed by atoms with E-state index >= 15 is 0 Å². The molecule has 1 fully saturated rings. The van der Waals surface area contributed by atoms with Crippen molar-refractivity contribution in [3.05, 3.63) is 58.0 Å². The van der Waals surface area contributed by atoms with Gasteiger partial charge < -0.3 is 9.64 Å². The summed E-state index contributed by atoms with van der Waals surface area (Å²) in [5.74, 6) is 0. The summed E-state index contributed by atoms with van der Waals surface area (Å²) >= 11 is 0. The number of ether oxygens (including phenoxy) is 1. The largest absolute Gasteiger partial charge is 0.372 e. The van der Waals surface area contributed by atoms with E-state index < -0.39 is 0 Å². The molecule has 0 spiro atoms. The maximum absolute atomic E-state index is 12.3. The van der Waals surface area contributed by atoms with Crippen LogP contribution in [0.15, 0.2) is 41.3 Å². The third-order valence-corrected chi connectivity index (χ3v) is 4.25. The Bertz CT molecular complexity index is 739. The van der Waals surface area contributed by atoms with Crippen LogP contribution in [-0.4, -0.2) is 29.9 Å². The molecule has 0 bridgehead atoms. The molecule has 1 saturated heterocycles. The number of hydrogen-bond donors (Lipinski definition) is 0. The Morgan fingerprint density at radius 1 is 1.00 bits per heavy atom. The third-order valence-electron chi connectivity index (χ3n) is 4.25. The average molecular weight is 312 g/mol. The van der Waals surface area contributed by atoms with Crippen molar-refractivity contribution in [2.75, 3.05) is 18.0 Å². The van der Waals surface area contributed by atoms with Crippen LogP contribution in [0.2, 0.25) is 0 Å². The van der Waals surface area contributed by atoms with Crippen molar-refractivity contribution in [3.8, 4) is 5.69 Å². The van der Waals surface area contributed by atoms with E-state index in [1.807, 2.05) is 38.2 Å². The van der Waals surface area contributed by atoms with Gasteiger partial charge in [-0.3, -0.25) is 9.36 Å². The number of rotatable bonds is 2. The minimum Gasteiger partial charge on any atom is -0.372 e. The number of pyridine rings is 1. The van der Waals surface area contributed by atoms with Crippen LogP contribution in [-0.2, 0) is 4.74 Å². The molecule has 122 valence electrons. The van der Waals surface area contributed by atoms with Crippen molar-refractivity contribution in [2.24, 2.45) is 0 Å². The molecule has 3 rings (SSSR count). The number of benzene rings is 1. The van der Waals surface area contributed by atoms with Crippen LogP contribution in [0.1, 0.15) is 25.0 Å². The summed E-state index contributed by atoms with van der Waals surface area (Å²) in [7, 11) is 0. The van der Waals surface area contributed by atoms with E-state index in [1.165, 1.54) is 5.69 Å². The van der Waals surface area contributed by atoms with Gasteiger partial charge in [0.2, 0.25) is 0 Å². The lowest BCUT2D eigenvalue weighted by Crippen LogP contribution is -2.45. The van der Waals surface area contributed by atoms with Crippen LogP contribution in [0.3, 0.4) is 0 Å². The maximum Gasteiger partial charge on any atom is 0.257 e. The topological polar surface area (TPSA) is 34.5 Å². The standard InChI is InChI=1S/C19H24N2O2/c1-13-9-14(2)19(22)21(10-13)18-7-5-17(6-8-18)20-11-15(3)23-16(4)12-20/h5-10,15-16H,11-12H2,1-4H3. The highest BCUT2D eigenvalue weighted by molar-refractivity contribution is 5.51. The highest BCUT2D eigenvalue weighted by Crippen LogP contribution is 2.21. The molecule has 0 saturated carbocycles. The lowest BCUT2D eigenvalue weighted by molar-refractivity contribution is -0.00521. The first-order valence-corrected chi connectivity index (χ1v) is 8.15. The molecule has 2 atom stereocenters. The maximum atomic E-state index is 12.3. The molecular weight excluding hydrogens is 288 g/mol. The van der Waals surface area contributed by atoms with E-state index in [0.717, 1.165) is 29.9 Å². The van der Waals surface area contributed by atoms with Crippen LogP contribution >= 0.6 is 0 Å². The van der Waals surface area contributed by atoms with E-state index in [0.29, 0.717) is 0 Å². The molecule has 1 aromatic carbocycles. The van der Waals surface area contributed by atoms with Gasteiger partial charge in [0.1, 0.15) is 0 Å². The van der Waals surface area contributed by atoms with Crippen LogP contribution < -0.4 is 10.5 Å². The van der Waals surface area contributed by atoms with E-state index in [2.05, 4.69) is 30.9 Å². The molecule has 4 nitrogen and oxygen atoms in total. The summed E-state index contributed by atoms with van der Waals surface area (Å²) in [6.45, 7) is 9.86. The fourth-order valence-electron chi connectivity index (χ4n) is 3.30. The molecular formula is C19H24N2O2. The van der Waals surface area contributed by atoms with Crippen molar-refractivity contribution in [1.82, 2.24) is 4.57 Å². The molecule has 2 heterocycles. The number of nitrogens with zero attached hydrogens (tertiary/aromatic N) is 2. The fraction of sp³-hybridized carbons (Fsp3) is 0.421. The van der Waals surface area contributed by atoms with Gasteiger partial charge in [0.25, 0.3) is 5.56 Å². The molecule has 0 N–H and O–H groups in total. The van der Waals surface area contributed by atoms with Crippen molar-refractivity contribution in [1.29, 1.82) is 0 Å². The first kappa shape index (κ1) is 15.8. The first-order valence-electron chi connectivity index (χ1n) is 8.15. The molecule has 1 aliphatic rings. The van der Waals surface area contributed by atoms with E-state index in [1.54, 1.807) is 4.57 Å². The Morgan fingerprint density at radius 2 is 1.57 bits per heavy atom. The predicted molar refractivity (Wildman–Crippen MR) is 93.7 cm³/mol. The average Bonchev–Trinajstić information content (AvgIpc) is 2.50. The van der Waals surface area contributed by atoms with Gasteiger partial charge in [-0.1, -0.05) is 0 Å². The van der Waals surface area contributed by atoms with Crippen molar-refractivity contribution in [3.63, 3.8) is 0 Å². The highest BCUT2D eigenvalue weighted by Gasteiger charge is 2.22. The summed E-state index contributed by atoms with van der Waals surface area (Å²) in [4.78, 5) is 14.7. The second kappa shape index (κ2) is 6.20. The molecule has 2 aromatic rings. The number of aryl methyl sites for hydroxylation is 2. The van der Waals surface area contributed by atoms with Gasteiger partial charge in [0, 0.05) is 36.2 Å². The van der Waals surface area contributed by atoms with Gasteiger partial charge in [-0.25, -0.2) is 0 Å². The molecule has 1 aliphatic heterocycles. The summed E-state index contributed by atoms with van der Waals surface area (Å²) in [5.41, 5.74) is 3.97. The highest BCUT2D eigenvalue weighted by atomic mass is 16.5. The summed E-state index contributed by atoms with van der Waals surface area (Å²) in [6, 6.07) is 10.1. The second-order valence-corrected chi connectivity index (χ2v) is 6.55. The van der Waals surface area contributed by atoms with Crippen molar-refractivity contribution < 1.29 is 4.74 Å². The molecule has 0 amide bonds. The predicted octanol–water partition coefficient (Wildman–Crippen LogP) is 3.07. The Labute approximate surface area is 137 Å². The number of aromatic nitrogens is 1. The van der Waals surface area contributed by atoms with Gasteiger partial charge in [-0.05, 0) is 63.6 Å². The quantitative estimate of drug-likeness (QED) is 0.855. The zero-order valence-corrected chi connectivity index (χ0v) is 14.2. The molecule has 1 aromatic heterocycles. The normalized spacial score (nSPS) is 21.5. The van der Waals surface area contributed by atoms with Gasteiger partial charge in [0.15, 0.2) is 0 Å². The minimum atomic E-state index is 0.0389. The fourth-order valence-corrected chi connectivity index (χ4v) is 3.30. The van der Waals surface area contributed by atoms with Gasteiger partial charge in [-0.15, -0.1) is 0 Å².